The van der Waals surface area contributed by atoms with Gasteiger partial charge in [-0.1, -0.05) is 0 Å². The van der Waals surface area contributed by atoms with Gasteiger partial charge in [0.15, 0.2) is 0 Å². The van der Waals surface area contributed by atoms with Crippen molar-refractivity contribution in [1.82, 2.24) is 19.4 Å². The van der Waals surface area contributed by atoms with E-state index in [2.05, 4.69) is 10.4 Å². The second kappa shape index (κ2) is 7.04. The van der Waals surface area contributed by atoms with Crippen molar-refractivity contribution >= 4 is 27.3 Å². The number of carbonyl (C=O) groups is 1. The van der Waals surface area contributed by atoms with Crippen LogP contribution in [0.15, 0.2) is 29.1 Å². The van der Waals surface area contributed by atoms with Gasteiger partial charge in [0.1, 0.15) is 0 Å². The molecule has 0 aromatic carbocycles. The third-order valence-electron chi connectivity index (χ3n) is 4.16. The number of nitrogens with one attached hydrogen (secondary N) is 1. The highest BCUT2D eigenvalue weighted by Crippen LogP contribution is 2.24. The van der Waals surface area contributed by atoms with Gasteiger partial charge in [-0.05, 0) is 30.9 Å². The average Bonchev–Trinajstić information content (AvgIpc) is 3.25. The SMILES string of the molecule is CCS(=O)(=O)N1Cc2ccnn2[C@H](CCNC(=O)c2ccsc2)C1. The summed E-state index contributed by atoms with van der Waals surface area (Å²) in [6, 6.07) is 3.55. The largest absolute Gasteiger partial charge is 0.352 e. The maximum atomic E-state index is 12.2. The molecule has 1 aliphatic heterocycles. The Morgan fingerprint density at radius 1 is 1.46 bits per heavy atom. The summed E-state index contributed by atoms with van der Waals surface area (Å²) in [5.74, 6) is -0.0197. The van der Waals surface area contributed by atoms with Crippen LogP contribution in [-0.4, -0.2) is 47.3 Å². The van der Waals surface area contributed by atoms with Gasteiger partial charge in [-0.3, -0.25) is 9.48 Å². The highest BCUT2D eigenvalue weighted by molar-refractivity contribution is 7.89. The van der Waals surface area contributed by atoms with E-state index >= 15 is 0 Å². The van der Waals surface area contributed by atoms with E-state index < -0.39 is 10.0 Å². The number of hydrogen-bond donors (Lipinski definition) is 1. The molecule has 0 fully saturated rings. The average molecular weight is 368 g/mol. The third kappa shape index (κ3) is 3.52. The van der Waals surface area contributed by atoms with Gasteiger partial charge < -0.3 is 5.32 Å². The topological polar surface area (TPSA) is 84.3 Å². The predicted molar refractivity (Wildman–Crippen MR) is 92.4 cm³/mol. The Bertz CT molecular complexity index is 799. The molecule has 1 atom stereocenters. The zero-order valence-electron chi connectivity index (χ0n) is 13.4. The number of fused-ring (bicyclic) bond motifs is 1. The molecule has 3 rings (SSSR count). The summed E-state index contributed by atoms with van der Waals surface area (Å²) >= 11 is 1.48. The highest BCUT2D eigenvalue weighted by atomic mass is 32.2. The van der Waals surface area contributed by atoms with Crippen molar-refractivity contribution < 1.29 is 13.2 Å². The fraction of sp³-hybridized carbons (Fsp3) is 0.467. The fourth-order valence-corrected chi connectivity index (χ4v) is 4.54. The van der Waals surface area contributed by atoms with Crippen LogP contribution in [0.3, 0.4) is 0 Å². The van der Waals surface area contributed by atoms with Crippen LogP contribution in [0.5, 0.6) is 0 Å². The van der Waals surface area contributed by atoms with Gasteiger partial charge in [0, 0.05) is 30.2 Å². The van der Waals surface area contributed by atoms with E-state index in [9.17, 15) is 13.2 Å². The summed E-state index contributed by atoms with van der Waals surface area (Å²) in [4.78, 5) is 12.0. The lowest BCUT2D eigenvalue weighted by Crippen LogP contribution is -2.42. The first-order valence-corrected chi connectivity index (χ1v) is 10.4. The number of carbonyl (C=O) groups excluding carboxylic acids is 1. The Labute approximate surface area is 145 Å². The fourth-order valence-electron chi connectivity index (χ4n) is 2.81. The molecule has 0 saturated carbocycles. The van der Waals surface area contributed by atoms with E-state index in [4.69, 9.17) is 0 Å². The van der Waals surface area contributed by atoms with Crippen molar-refractivity contribution in [2.24, 2.45) is 0 Å². The maximum absolute atomic E-state index is 12.2. The van der Waals surface area contributed by atoms with Gasteiger partial charge in [-0.25, -0.2) is 8.42 Å². The monoisotopic (exact) mass is 368 g/mol. The van der Waals surface area contributed by atoms with Crippen molar-refractivity contribution in [2.75, 3.05) is 18.8 Å². The number of rotatable bonds is 6. The molecular formula is C15H20N4O3S2. The van der Waals surface area contributed by atoms with E-state index in [0.29, 0.717) is 31.6 Å². The minimum absolute atomic E-state index is 0.0761. The Hall–Kier alpha value is -1.71. The molecule has 0 spiro atoms. The van der Waals surface area contributed by atoms with Gasteiger partial charge in [0.2, 0.25) is 10.0 Å². The summed E-state index contributed by atoms with van der Waals surface area (Å²) in [5.41, 5.74) is 1.53. The molecule has 1 amide bonds. The molecule has 1 N–H and O–H groups in total. The number of hydrogen-bond acceptors (Lipinski definition) is 5. The summed E-state index contributed by atoms with van der Waals surface area (Å²) in [5, 5.41) is 10.9. The molecule has 0 bridgehead atoms. The minimum Gasteiger partial charge on any atom is -0.352 e. The molecule has 0 unspecified atom stereocenters. The third-order valence-corrected chi connectivity index (χ3v) is 6.63. The normalized spacial score (nSPS) is 18.3. The molecule has 1 aliphatic rings. The Morgan fingerprint density at radius 2 is 2.29 bits per heavy atom. The molecule has 0 saturated heterocycles. The second-order valence-electron chi connectivity index (χ2n) is 5.67. The van der Waals surface area contributed by atoms with Gasteiger partial charge in [-0.2, -0.15) is 20.7 Å². The predicted octanol–water partition coefficient (Wildman–Crippen LogP) is 1.47. The van der Waals surface area contributed by atoms with Crippen molar-refractivity contribution in [3.63, 3.8) is 0 Å². The summed E-state index contributed by atoms with van der Waals surface area (Å²) in [6.45, 7) is 2.86. The molecule has 2 aromatic heterocycles. The first kappa shape index (κ1) is 17.1. The number of nitrogens with zero attached hydrogens (tertiary/aromatic N) is 3. The molecule has 7 nitrogen and oxygen atoms in total. The molecule has 0 radical (unpaired) electrons. The van der Waals surface area contributed by atoms with Crippen LogP contribution in [0.2, 0.25) is 0 Å². The first-order chi connectivity index (χ1) is 11.5. The van der Waals surface area contributed by atoms with Crippen LogP contribution in [0.25, 0.3) is 0 Å². The Balaban J connectivity index is 1.65. The molecule has 130 valence electrons. The lowest BCUT2D eigenvalue weighted by atomic mass is 10.1. The van der Waals surface area contributed by atoms with Crippen molar-refractivity contribution in [2.45, 2.75) is 25.9 Å². The van der Waals surface area contributed by atoms with Crippen LogP contribution >= 0.6 is 11.3 Å². The van der Waals surface area contributed by atoms with E-state index in [1.54, 1.807) is 24.6 Å². The quantitative estimate of drug-likeness (QED) is 0.837. The summed E-state index contributed by atoms with van der Waals surface area (Å²) < 4.78 is 27.8. The van der Waals surface area contributed by atoms with Gasteiger partial charge in [-0.15, -0.1) is 0 Å². The van der Waals surface area contributed by atoms with E-state index in [1.165, 1.54) is 15.6 Å². The Kier molecular flexibility index (Phi) is 5.02. The van der Waals surface area contributed by atoms with E-state index in [1.807, 2.05) is 16.1 Å². The molecule has 24 heavy (non-hydrogen) atoms. The molecular weight excluding hydrogens is 348 g/mol. The zero-order chi connectivity index (χ0) is 17.2. The van der Waals surface area contributed by atoms with Gasteiger partial charge >= 0.3 is 0 Å². The highest BCUT2D eigenvalue weighted by Gasteiger charge is 2.31. The lowest BCUT2D eigenvalue weighted by molar-refractivity contribution is 0.0950. The lowest BCUT2D eigenvalue weighted by Gasteiger charge is -2.33. The number of amides is 1. The smallest absolute Gasteiger partial charge is 0.252 e. The maximum Gasteiger partial charge on any atom is 0.252 e. The molecule has 2 aromatic rings. The molecule has 0 aliphatic carbocycles. The van der Waals surface area contributed by atoms with Gasteiger partial charge in [0.25, 0.3) is 5.91 Å². The first-order valence-electron chi connectivity index (χ1n) is 7.82. The van der Waals surface area contributed by atoms with Crippen LogP contribution in [0, 0.1) is 0 Å². The van der Waals surface area contributed by atoms with Crippen molar-refractivity contribution in [3.8, 4) is 0 Å². The molecule has 9 heteroatoms. The Morgan fingerprint density at radius 3 is 3.00 bits per heavy atom. The number of thiophene rings is 1. The zero-order valence-corrected chi connectivity index (χ0v) is 15.0. The van der Waals surface area contributed by atoms with E-state index in [0.717, 1.165) is 5.69 Å². The van der Waals surface area contributed by atoms with Crippen LogP contribution in [0.4, 0.5) is 0 Å². The van der Waals surface area contributed by atoms with Gasteiger partial charge in [0.05, 0.1) is 24.0 Å². The minimum atomic E-state index is -3.25. The van der Waals surface area contributed by atoms with Crippen LogP contribution < -0.4 is 5.32 Å². The molecule has 3 heterocycles. The van der Waals surface area contributed by atoms with E-state index in [-0.39, 0.29) is 17.7 Å². The standard InChI is InChI=1S/C15H20N4O3S2/c1-2-24(21,22)18-9-13(19-14(10-18)4-7-17-19)3-6-16-15(20)12-5-8-23-11-12/h4-5,7-8,11,13H,2-3,6,9-10H2,1H3,(H,16,20)/t13-/m1/s1. The second-order valence-corrected chi connectivity index (χ2v) is 8.71. The summed E-state index contributed by atoms with van der Waals surface area (Å²) in [7, 11) is -3.25. The summed E-state index contributed by atoms with van der Waals surface area (Å²) in [6.07, 6.45) is 2.31. The van der Waals surface area contributed by atoms with Crippen LogP contribution in [0.1, 0.15) is 35.4 Å². The number of aromatic nitrogens is 2. The number of sulfonamides is 1. The van der Waals surface area contributed by atoms with Crippen molar-refractivity contribution in [3.05, 3.63) is 40.3 Å². The van der Waals surface area contributed by atoms with Crippen molar-refractivity contribution in [1.29, 1.82) is 0 Å². The van der Waals surface area contributed by atoms with Crippen LogP contribution in [-0.2, 0) is 16.6 Å².